The minimum Gasteiger partial charge on any atom is -0.389 e. The van der Waals surface area contributed by atoms with E-state index in [-0.39, 0.29) is 40.0 Å². The quantitative estimate of drug-likeness (QED) is 0.221. The molecular weight excluding hydrogens is 553 g/mol. The molecule has 8 nitrogen and oxygen atoms in total. The van der Waals surface area contributed by atoms with E-state index in [0.717, 1.165) is 30.2 Å². The number of rotatable bonds is 9. The van der Waals surface area contributed by atoms with Crippen LogP contribution in [0, 0.1) is 34.3 Å². The topological polar surface area (TPSA) is 119 Å². The molecule has 1 saturated heterocycles. The van der Waals surface area contributed by atoms with E-state index in [1.807, 2.05) is 19.0 Å². The number of piperidine rings is 1. The molecule has 3 aromatic rings. The van der Waals surface area contributed by atoms with Gasteiger partial charge in [-0.05, 0) is 70.6 Å². The molecule has 1 fully saturated rings. The van der Waals surface area contributed by atoms with Crippen molar-refractivity contribution < 1.29 is 23.4 Å². The van der Waals surface area contributed by atoms with E-state index in [0.29, 0.717) is 29.1 Å². The number of hydrogen-bond acceptors (Lipinski definition) is 9. The summed E-state index contributed by atoms with van der Waals surface area (Å²) in [4.78, 5) is 4.67. The molecule has 0 amide bonds. The van der Waals surface area contributed by atoms with Crippen molar-refractivity contribution in [3.05, 3.63) is 58.2 Å². The zero-order valence-corrected chi connectivity index (χ0v) is 24.1. The molecule has 0 aliphatic carbocycles. The van der Waals surface area contributed by atoms with Crippen LogP contribution in [0.4, 0.5) is 24.5 Å². The molecule has 2 atom stereocenters. The van der Waals surface area contributed by atoms with Gasteiger partial charge in [-0.25, -0.2) is 18.7 Å². The first kappa shape index (κ1) is 30.6. The maximum absolute atomic E-state index is 15.7. The van der Waals surface area contributed by atoms with Crippen molar-refractivity contribution in [2.45, 2.75) is 44.6 Å². The fourth-order valence-electron chi connectivity index (χ4n) is 4.87. The number of nitriles is 1. The summed E-state index contributed by atoms with van der Waals surface area (Å²) in [6.07, 6.45) is 0.817. The molecule has 0 bridgehead atoms. The Bertz CT molecular complexity index is 1480. The molecular formula is C29H33F3N6O2S. The van der Waals surface area contributed by atoms with Gasteiger partial charge in [-0.1, -0.05) is 6.07 Å². The van der Waals surface area contributed by atoms with E-state index in [4.69, 9.17) is 10.8 Å². The van der Waals surface area contributed by atoms with Crippen molar-refractivity contribution in [2.75, 3.05) is 39.0 Å². The first-order valence-electron chi connectivity index (χ1n) is 13.1. The highest BCUT2D eigenvalue weighted by Gasteiger charge is 2.30. The summed E-state index contributed by atoms with van der Waals surface area (Å²) in [5.74, 6) is -3.27. The molecule has 12 heteroatoms. The number of aliphatic hydroxyl groups is 2. The van der Waals surface area contributed by atoms with Gasteiger partial charge in [0.15, 0.2) is 11.6 Å². The van der Waals surface area contributed by atoms with Gasteiger partial charge in [-0.2, -0.15) is 10.4 Å². The third-order valence-electron chi connectivity index (χ3n) is 7.16. The SMILES string of the molecule is CN(C)[C@@H]1CCCN(C(O)c2cc(-c3ccc(C#N)c(F)c3)c(-c3cc(N=N)c(NCC(C)(C)O)c(F)c3F)s2)C1. The molecule has 218 valence electrons. The summed E-state index contributed by atoms with van der Waals surface area (Å²) in [5, 5.41) is 36.6. The van der Waals surface area contributed by atoms with Crippen molar-refractivity contribution in [3.8, 4) is 27.6 Å². The van der Waals surface area contributed by atoms with Crippen LogP contribution in [0.25, 0.3) is 21.6 Å². The maximum atomic E-state index is 15.7. The lowest BCUT2D eigenvalue weighted by atomic mass is 9.99. The molecule has 0 saturated carbocycles. The van der Waals surface area contributed by atoms with Crippen LogP contribution in [0.3, 0.4) is 0 Å². The third-order valence-corrected chi connectivity index (χ3v) is 8.37. The van der Waals surface area contributed by atoms with Gasteiger partial charge >= 0.3 is 0 Å². The number of halogens is 3. The van der Waals surface area contributed by atoms with E-state index in [1.165, 1.54) is 32.0 Å². The molecule has 1 aliphatic heterocycles. The van der Waals surface area contributed by atoms with Gasteiger partial charge in [-0.3, -0.25) is 4.90 Å². The highest BCUT2D eigenvalue weighted by Crippen LogP contribution is 2.46. The molecule has 4 rings (SSSR count). The Kier molecular flexibility index (Phi) is 9.16. The Labute approximate surface area is 241 Å². The average molecular weight is 587 g/mol. The zero-order valence-electron chi connectivity index (χ0n) is 23.3. The number of nitrogens with one attached hydrogen (secondary N) is 2. The number of aliphatic hydroxyl groups excluding tert-OH is 1. The molecule has 0 radical (unpaired) electrons. The minimum atomic E-state index is -1.28. The number of anilines is 1. The number of likely N-dealkylation sites (N-methyl/N-ethyl adjacent to an activating group) is 1. The molecule has 41 heavy (non-hydrogen) atoms. The van der Waals surface area contributed by atoms with Gasteiger partial charge in [0, 0.05) is 46.6 Å². The first-order chi connectivity index (χ1) is 19.3. The number of nitrogens with zero attached hydrogens (tertiary/aromatic N) is 4. The van der Waals surface area contributed by atoms with Crippen LogP contribution in [0.15, 0.2) is 35.4 Å². The van der Waals surface area contributed by atoms with Crippen LogP contribution in [-0.2, 0) is 0 Å². The number of thiophene rings is 1. The minimum absolute atomic E-state index is 0.125. The van der Waals surface area contributed by atoms with Crippen LogP contribution in [-0.4, -0.2) is 65.4 Å². The normalized spacial score (nSPS) is 17.0. The smallest absolute Gasteiger partial charge is 0.184 e. The van der Waals surface area contributed by atoms with E-state index in [1.54, 1.807) is 12.1 Å². The summed E-state index contributed by atoms with van der Waals surface area (Å²) < 4.78 is 45.8. The van der Waals surface area contributed by atoms with Crippen molar-refractivity contribution in [1.29, 1.82) is 10.8 Å². The Balaban J connectivity index is 1.85. The average Bonchev–Trinajstić information content (AvgIpc) is 3.38. The Hall–Kier alpha value is -3.34. The fourth-order valence-corrected chi connectivity index (χ4v) is 6.08. The Morgan fingerprint density at radius 1 is 1.22 bits per heavy atom. The standard InChI is InChI=1S/C29H33F3N6O2S/c1-29(2,40)15-35-26-22(36-34)11-20(24(31)25(26)32)27-19(16-7-8-17(13-33)21(30)10-16)12-23(41-27)28(39)38-9-5-6-18(14-38)37(3)4/h7-8,10-12,18,28,34-35,39-40H,5-6,9,14-15H2,1-4H3/t18-,28?/m1/s1. The molecule has 2 heterocycles. The largest absolute Gasteiger partial charge is 0.389 e. The summed E-state index contributed by atoms with van der Waals surface area (Å²) >= 11 is 1.04. The van der Waals surface area contributed by atoms with Crippen LogP contribution in [0.5, 0.6) is 0 Å². The summed E-state index contributed by atoms with van der Waals surface area (Å²) in [6.45, 7) is 4.11. The lowest BCUT2D eigenvalue weighted by Crippen LogP contribution is -2.46. The van der Waals surface area contributed by atoms with Crippen LogP contribution in [0.1, 0.15) is 43.4 Å². The van der Waals surface area contributed by atoms with Crippen molar-refractivity contribution in [1.82, 2.24) is 9.80 Å². The van der Waals surface area contributed by atoms with Gasteiger partial charge in [0.05, 0.1) is 11.2 Å². The zero-order chi connectivity index (χ0) is 30.1. The second-order valence-electron chi connectivity index (χ2n) is 11.1. The van der Waals surface area contributed by atoms with Crippen LogP contribution >= 0.6 is 11.3 Å². The maximum Gasteiger partial charge on any atom is 0.184 e. The Morgan fingerprint density at radius 3 is 2.56 bits per heavy atom. The lowest BCUT2D eigenvalue weighted by Gasteiger charge is -2.38. The number of likely N-dealkylation sites (tertiary alicyclic amines) is 1. The predicted molar refractivity (Wildman–Crippen MR) is 153 cm³/mol. The summed E-state index contributed by atoms with van der Waals surface area (Å²) in [6, 6.07) is 8.81. The summed E-state index contributed by atoms with van der Waals surface area (Å²) in [5.41, 5.74) is 6.07. The predicted octanol–water partition coefficient (Wildman–Crippen LogP) is 6.23. The molecule has 4 N–H and O–H groups in total. The highest BCUT2D eigenvalue weighted by atomic mass is 32.1. The van der Waals surface area contributed by atoms with Crippen molar-refractivity contribution in [2.24, 2.45) is 5.11 Å². The van der Waals surface area contributed by atoms with Gasteiger partial charge in [-0.15, -0.1) is 11.3 Å². The molecule has 1 unspecified atom stereocenters. The molecule has 1 aromatic heterocycles. The lowest BCUT2D eigenvalue weighted by molar-refractivity contribution is -0.0263. The molecule has 0 spiro atoms. The molecule has 1 aliphatic rings. The van der Waals surface area contributed by atoms with Gasteiger partial charge in [0.2, 0.25) is 0 Å². The number of hydrogen-bond donors (Lipinski definition) is 4. The van der Waals surface area contributed by atoms with E-state index in [9.17, 15) is 14.6 Å². The van der Waals surface area contributed by atoms with Crippen LogP contribution < -0.4 is 5.32 Å². The second-order valence-corrected chi connectivity index (χ2v) is 12.1. The van der Waals surface area contributed by atoms with E-state index in [2.05, 4.69) is 15.3 Å². The van der Waals surface area contributed by atoms with Crippen molar-refractivity contribution >= 4 is 22.7 Å². The monoisotopic (exact) mass is 586 g/mol. The van der Waals surface area contributed by atoms with E-state index >= 15 is 8.78 Å². The number of benzene rings is 2. The van der Waals surface area contributed by atoms with Crippen LogP contribution in [0.2, 0.25) is 0 Å². The first-order valence-corrected chi connectivity index (χ1v) is 13.9. The van der Waals surface area contributed by atoms with Gasteiger partial charge in [0.25, 0.3) is 0 Å². The summed E-state index contributed by atoms with van der Waals surface area (Å²) in [7, 11) is 3.96. The Morgan fingerprint density at radius 2 is 1.95 bits per heavy atom. The van der Waals surface area contributed by atoms with Gasteiger partial charge in [0.1, 0.15) is 29.5 Å². The van der Waals surface area contributed by atoms with E-state index < -0.39 is 29.3 Å². The van der Waals surface area contributed by atoms with Crippen molar-refractivity contribution in [3.63, 3.8) is 0 Å². The highest BCUT2D eigenvalue weighted by molar-refractivity contribution is 7.16. The second kappa shape index (κ2) is 12.3. The van der Waals surface area contributed by atoms with Gasteiger partial charge < -0.3 is 20.4 Å². The fraction of sp³-hybridized carbons (Fsp3) is 0.414. The molecule has 2 aromatic carbocycles. The third kappa shape index (κ3) is 6.60.